The van der Waals surface area contributed by atoms with Gasteiger partial charge in [-0.3, -0.25) is 14.6 Å². The molecule has 26 heavy (non-hydrogen) atoms. The summed E-state index contributed by atoms with van der Waals surface area (Å²) in [5.41, 5.74) is 0.892. The second kappa shape index (κ2) is 11.0. The molecule has 1 saturated carbocycles. The van der Waals surface area contributed by atoms with E-state index in [0.717, 1.165) is 51.1 Å². The van der Waals surface area contributed by atoms with E-state index in [1.54, 1.807) is 12.1 Å². The molecule has 2 N–H and O–H groups in total. The van der Waals surface area contributed by atoms with Crippen molar-refractivity contribution in [2.75, 3.05) is 39.3 Å². The van der Waals surface area contributed by atoms with Gasteiger partial charge in [-0.05, 0) is 36.5 Å². The number of carbonyl (C=O) groups excluding carboxylic acids is 1. The maximum atomic E-state index is 12.8. The number of aliphatic hydroxyl groups excluding tert-OH is 1. The molecule has 1 heterocycles. The molecule has 1 aliphatic carbocycles. The average Bonchev–Trinajstić information content (AvgIpc) is 3.41. The molecule has 5 nitrogen and oxygen atoms in total. The molecule has 2 aliphatic rings. The number of halogens is 3. The van der Waals surface area contributed by atoms with Crippen LogP contribution < -0.4 is 5.32 Å². The Hall–Kier alpha value is -0.920. The van der Waals surface area contributed by atoms with Crippen LogP contribution in [0.15, 0.2) is 24.3 Å². The molecule has 0 spiro atoms. The van der Waals surface area contributed by atoms with Crippen molar-refractivity contribution in [2.45, 2.75) is 25.5 Å². The first-order valence-corrected chi connectivity index (χ1v) is 8.74. The first-order valence-electron chi connectivity index (χ1n) is 8.74. The monoisotopic (exact) mass is 407 g/mol. The molecule has 1 amide bonds. The van der Waals surface area contributed by atoms with E-state index in [4.69, 9.17) is 0 Å². The van der Waals surface area contributed by atoms with Gasteiger partial charge >= 0.3 is 0 Å². The molecule has 1 saturated heterocycles. The van der Waals surface area contributed by atoms with E-state index in [1.165, 1.54) is 12.1 Å². The van der Waals surface area contributed by atoms with Gasteiger partial charge in [-0.25, -0.2) is 4.39 Å². The Balaban J connectivity index is 0.00000169. The predicted octanol–water partition coefficient (Wildman–Crippen LogP) is 1.67. The van der Waals surface area contributed by atoms with Gasteiger partial charge in [0.15, 0.2) is 0 Å². The predicted molar refractivity (Wildman–Crippen MR) is 104 cm³/mol. The van der Waals surface area contributed by atoms with Gasteiger partial charge in [0.2, 0.25) is 5.91 Å². The molecule has 1 aromatic rings. The fourth-order valence-electron chi connectivity index (χ4n) is 3.09. The Labute approximate surface area is 166 Å². The summed E-state index contributed by atoms with van der Waals surface area (Å²) in [7, 11) is 0. The number of aliphatic hydroxyl groups is 1. The number of carbonyl (C=O) groups is 1. The summed E-state index contributed by atoms with van der Waals surface area (Å²) in [6, 6.07) is 6.16. The number of hydrogen-bond donors (Lipinski definition) is 2. The quantitative estimate of drug-likeness (QED) is 0.721. The third-order valence-corrected chi connectivity index (χ3v) is 4.85. The van der Waals surface area contributed by atoms with Crippen molar-refractivity contribution in [1.29, 1.82) is 0 Å². The zero-order valence-corrected chi connectivity index (χ0v) is 16.4. The molecule has 0 aromatic heterocycles. The van der Waals surface area contributed by atoms with Gasteiger partial charge < -0.3 is 10.4 Å². The third-order valence-electron chi connectivity index (χ3n) is 4.85. The Kier molecular flexibility index (Phi) is 9.82. The van der Waals surface area contributed by atoms with Crippen molar-refractivity contribution >= 4 is 30.7 Å². The maximum Gasteiger partial charge on any atom is 0.234 e. The molecular weight excluding hydrogens is 380 g/mol. The van der Waals surface area contributed by atoms with E-state index in [-0.39, 0.29) is 42.6 Å². The van der Waals surface area contributed by atoms with Crippen molar-refractivity contribution in [1.82, 2.24) is 15.1 Å². The second-order valence-electron chi connectivity index (χ2n) is 6.88. The van der Waals surface area contributed by atoms with Crippen LogP contribution in [-0.4, -0.2) is 66.2 Å². The number of amides is 1. The normalized spacial score (nSPS) is 19.2. The molecule has 148 valence electrons. The molecule has 1 atom stereocenters. The Morgan fingerprint density at radius 3 is 2.27 bits per heavy atom. The molecule has 1 aromatic carbocycles. The summed E-state index contributed by atoms with van der Waals surface area (Å²) in [5.74, 6) is 0.237. The van der Waals surface area contributed by atoms with Crippen molar-refractivity contribution in [3.8, 4) is 0 Å². The van der Waals surface area contributed by atoms with Crippen LogP contribution in [0.1, 0.15) is 18.4 Å². The van der Waals surface area contributed by atoms with Crippen LogP contribution in [0.3, 0.4) is 0 Å². The van der Waals surface area contributed by atoms with Gasteiger partial charge in [0.25, 0.3) is 0 Å². The Morgan fingerprint density at radius 2 is 1.69 bits per heavy atom. The van der Waals surface area contributed by atoms with Crippen molar-refractivity contribution in [2.24, 2.45) is 5.92 Å². The fraction of sp³-hybridized carbons (Fsp3) is 0.611. The van der Waals surface area contributed by atoms with Crippen LogP contribution in [0, 0.1) is 11.7 Å². The molecule has 0 radical (unpaired) electrons. The van der Waals surface area contributed by atoms with E-state index in [0.29, 0.717) is 19.0 Å². The minimum absolute atomic E-state index is 0. The van der Waals surface area contributed by atoms with E-state index in [9.17, 15) is 14.3 Å². The van der Waals surface area contributed by atoms with Gasteiger partial charge in [0, 0.05) is 39.3 Å². The molecular formula is C18H28Cl2FN3O2. The van der Waals surface area contributed by atoms with E-state index < -0.39 is 0 Å². The Morgan fingerprint density at radius 1 is 1.12 bits per heavy atom. The van der Waals surface area contributed by atoms with Crippen molar-refractivity contribution in [3.05, 3.63) is 35.6 Å². The molecule has 1 aliphatic heterocycles. The first-order chi connectivity index (χ1) is 11.6. The number of β-amino-alcohol motifs (C(OH)–C–C–N with tert-alkyl or cyclic N) is 1. The summed E-state index contributed by atoms with van der Waals surface area (Å²) in [6.07, 6.45) is 2.14. The lowest BCUT2D eigenvalue weighted by atomic mass is 10.2. The van der Waals surface area contributed by atoms with Crippen LogP contribution in [0.5, 0.6) is 0 Å². The summed E-state index contributed by atoms with van der Waals surface area (Å²) in [6.45, 7) is 5.06. The van der Waals surface area contributed by atoms with Crippen LogP contribution in [0.2, 0.25) is 0 Å². The Bertz CT molecular complexity index is 550. The summed E-state index contributed by atoms with van der Waals surface area (Å²) >= 11 is 0. The topological polar surface area (TPSA) is 55.8 Å². The van der Waals surface area contributed by atoms with Crippen LogP contribution in [0.25, 0.3) is 0 Å². The van der Waals surface area contributed by atoms with Gasteiger partial charge in [-0.2, -0.15) is 0 Å². The summed E-state index contributed by atoms with van der Waals surface area (Å²) in [5, 5.41) is 12.9. The van der Waals surface area contributed by atoms with Crippen LogP contribution in [-0.2, 0) is 11.3 Å². The molecule has 1 unspecified atom stereocenters. The van der Waals surface area contributed by atoms with Gasteiger partial charge in [-0.15, -0.1) is 24.8 Å². The number of nitrogens with one attached hydrogen (secondary N) is 1. The van der Waals surface area contributed by atoms with Gasteiger partial charge in [0.1, 0.15) is 5.82 Å². The van der Waals surface area contributed by atoms with Crippen molar-refractivity contribution < 1.29 is 14.3 Å². The number of rotatable bonds is 7. The van der Waals surface area contributed by atoms with E-state index >= 15 is 0 Å². The minimum atomic E-state index is -0.269. The zero-order chi connectivity index (χ0) is 16.9. The zero-order valence-electron chi connectivity index (χ0n) is 14.8. The smallest absolute Gasteiger partial charge is 0.234 e. The lowest BCUT2D eigenvalue weighted by Gasteiger charge is -2.35. The first kappa shape index (κ1) is 23.1. The third kappa shape index (κ3) is 7.37. The largest absolute Gasteiger partial charge is 0.392 e. The molecule has 8 heteroatoms. The highest BCUT2D eigenvalue weighted by atomic mass is 35.5. The number of hydrogen-bond acceptors (Lipinski definition) is 4. The number of piperazine rings is 1. The molecule has 0 bridgehead atoms. The summed E-state index contributed by atoms with van der Waals surface area (Å²) in [4.78, 5) is 16.5. The molecule has 2 fully saturated rings. The highest BCUT2D eigenvalue weighted by molar-refractivity contribution is 5.85. The second-order valence-corrected chi connectivity index (χ2v) is 6.88. The van der Waals surface area contributed by atoms with E-state index in [1.807, 2.05) is 0 Å². The van der Waals surface area contributed by atoms with Crippen LogP contribution >= 0.6 is 24.8 Å². The van der Waals surface area contributed by atoms with Gasteiger partial charge in [0.05, 0.1) is 12.6 Å². The highest BCUT2D eigenvalue weighted by Crippen LogP contribution is 2.32. The lowest BCUT2D eigenvalue weighted by Crippen LogP contribution is -2.51. The fourth-order valence-corrected chi connectivity index (χ4v) is 3.09. The maximum absolute atomic E-state index is 12.8. The number of benzene rings is 1. The standard InChI is InChI=1S/C18H26FN3O2.2ClH/c19-16-5-1-14(2-6-16)11-20-18(24)13-22-9-7-21(8-10-22)12-17(23)15-3-4-15;;/h1-2,5-6,15,17,23H,3-4,7-13H2,(H,20,24);2*1H. The van der Waals surface area contributed by atoms with E-state index in [2.05, 4.69) is 15.1 Å². The van der Waals surface area contributed by atoms with Crippen LogP contribution in [0.4, 0.5) is 4.39 Å². The minimum Gasteiger partial charge on any atom is -0.392 e. The summed E-state index contributed by atoms with van der Waals surface area (Å²) < 4.78 is 12.8. The average molecular weight is 408 g/mol. The SMILES string of the molecule is Cl.Cl.O=C(CN1CCN(CC(O)C2CC2)CC1)NCc1ccc(F)cc1. The van der Waals surface area contributed by atoms with Crippen molar-refractivity contribution in [3.63, 3.8) is 0 Å². The van der Waals surface area contributed by atoms with Gasteiger partial charge in [-0.1, -0.05) is 12.1 Å². The highest BCUT2D eigenvalue weighted by Gasteiger charge is 2.31. The number of nitrogens with zero attached hydrogens (tertiary/aromatic N) is 2. The molecule has 3 rings (SSSR count). The lowest BCUT2D eigenvalue weighted by molar-refractivity contribution is -0.122.